The average Bonchev–Trinajstić information content (AvgIpc) is 3.58. The van der Waals surface area contributed by atoms with Gasteiger partial charge in [0.25, 0.3) is 0 Å². The standard InChI is InChI=1S/C28H24O/c29-28(24-17-9-3-10-18-24,25-19-11-4-12-20-25)26-21-27(26,22-13-5-1-6-14-22)23-15-7-2-8-16-23/h1-20,26,29H,21H2/t26-/m0/s1. The van der Waals surface area contributed by atoms with Crippen LogP contribution in [0.4, 0.5) is 0 Å². The quantitative estimate of drug-likeness (QED) is 0.458. The highest BCUT2D eigenvalue weighted by molar-refractivity contribution is 5.53. The molecule has 0 amide bonds. The van der Waals surface area contributed by atoms with Crippen molar-refractivity contribution in [3.05, 3.63) is 144 Å². The first kappa shape index (κ1) is 17.9. The fourth-order valence-electron chi connectivity index (χ4n) is 5.00. The van der Waals surface area contributed by atoms with Gasteiger partial charge in [-0.25, -0.2) is 0 Å². The molecule has 142 valence electrons. The lowest BCUT2D eigenvalue weighted by molar-refractivity contribution is 0.0498. The Morgan fingerprint density at radius 2 is 0.897 bits per heavy atom. The second kappa shape index (κ2) is 7.02. The molecule has 1 heteroatoms. The Bertz CT molecular complexity index is 993. The highest BCUT2D eigenvalue weighted by Gasteiger charge is 2.65. The molecule has 1 aliphatic carbocycles. The van der Waals surface area contributed by atoms with Gasteiger partial charge in [0.15, 0.2) is 0 Å². The molecule has 1 saturated carbocycles. The van der Waals surface area contributed by atoms with E-state index in [-0.39, 0.29) is 11.3 Å². The predicted molar refractivity (Wildman–Crippen MR) is 118 cm³/mol. The molecule has 0 bridgehead atoms. The van der Waals surface area contributed by atoms with Gasteiger partial charge in [-0.05, 0) is 28.7 Å². The van der Waals surface area contributed by atoms with E-state index in [0.29, 0.717) is 0 Å². The molecule has 1 N–H and O–H groups in total. The minimum Gasteiger partial charge on any atom is -0.380 e. The number of hydrogen-bond donors (Lipinski definition) is 1. The van der Waals surface area contributed by atoms with Crippen LogP contribution in [0.1, 0.15) is 28.7 Å². The van der Waals surface area contributed by atoms with Crippen LogP contribution in [0.5, 0.6) is 0 Å². The summed E-state index contributed by atoms with van der Waals surface area (Å²) in [7, 11) is 0. The summed E-state index contributed by atoms with van der Waals surface area (Å²) in [6, 6.07) is 41.5. The molecular weight excluding hydrogens is 352 g/mol. The van der Waals surface area contributed by atoms with Gasteiger partial charge in [-0.2, -0.15) is 0 Å². The minimum absolute atomic E-state index is 0.0459. The molecule has 1 atom stereocenters. The van der Waals surface area contributed by atoms with Crippen LogP contribution in [0.15, 0.2) is 121 Å². The Morgan fingerprint density at radius 1 is 0.552 bits per heavy atom. The number of aliphatic hydroxyl groups is 1. The van der Waals surface area contributed by atoms with E-state index in [1.807, 2.05) is 60.7 Å². The van der Waals surface area contributed by atoms with Gasteiger partial charge in [-0.15, -0.1) is 0 Å². The SMILES string of the molecule is OC(c1ccccc1)(c1ccccc1)[C@H]1CC1(c1ccccc1)c1ccccc1. The molecule has 0 spiro atoms. The van der Waals surface area contributed by atoms with Gasteiger partial charge in [0.2, 0.25) is 0 Å². The fourth-order valence-corrected chi connectivity index (χ4v) is 5.00. The number of hydrogen-bond acceptors (Lipinski definition) is 1. The van der Waals surface area contributed by atoms with E-state index in [2.05, 4.69) is 60.7 Å². The Kier molecular flexibility index (Phi) is 4.34. The van der Waals surface area contributed by atoms with E-state index in [1.54, 1.807) is 0 Å². The third-order valence-corrected chi connectivity index (χ3v) is 6.47. The van der Waals surface area contributed by atoms with E-state index in [4.69, 9.17) is 0 Å². The molecule has 5 rings (SSSR count). The second-order valence-corrected chi connectivity index (χ2v) is 7.96. The lowest BCUT2D eigenvalue weighted by atomic mass is 9.75. The van der Waals surface area contributed by atoms with Crippen LogP contribution < -0.4 is 0 Å². The first-order chi connectivity index (χ1) is 14.3. The molecule has 0 aromatic heterocycles. The molecule has 0 saturated heterocycles. The zero-order valence-corrected chi connectivity index (χ0v) is 16.3. The average molecular weight is 376 g/mol. The molecular formula is C28H24O. The normalized spacial score (nSPS) is 17.6. The van der Waals surface area contributed by atoms with Crippen molar-refractivity contribution < 1.29 is 5.11 Å². The molecule has 4 aromatic rings. The van der Waals surface area contributed by atoms with Gasteiger partial charge in [-0.1, -0.05) is 121 Å². The van der Waals surface area contributed by atoms with Crippen molar-refractivity contribution in [3.63, 3.8) is 0 Å². The zero-order chi connectivity index (χ0) is 19.7. The van der Waals surface area contributed by atoms with E-state index in [0.717, 1.165) is 17.5 Å². The summed E-state index contributed by atoms with van der Waals surface area (Å²) < 4.78 is 0. The zero-order valence-electron chi connectivity index (χ0n) is 16.3. The van der Waals surface area contributed by atoms with E-state index in [9.17, 15) is 5.11 Å². The van der Waals surface area contributed by atoms with Crippen LogP contribution in [0, 0.1) is 5.92 Å². The summed E-state index contributed by atoms with van der Waals surface area (Å²) in [6.45, 7) is 0. The Hall–Kier alpha value is -3.16. The molecule has 1 aliphatic rings. The van der Waals surface area contributed by atoms with Crippen LogP contribution in [0.25, 0.3) is 0 Å². The lowest BCUT2D eigenvalue weighted by Crippen LogP contribution is -2.34. The highest BCUT2D eigenvalue weighted by Crippen LogP contribution is 2.66. The number of rotatable bonds is 5. The van der Waals surface area contributed by atoms with Crippen LogP contribution in [-0.2, 0) is 11.0 Å². The van der Waals surface area contributed by atoms with E-state index in [1.165, 1.54) is 11.1 Å². The van der Waals surface area contributed by atoms with Gasteiger partial charge < -0.3 is 5.11 Å². The summed E-state index contributed by atoms with van der Waals surface area (Å²) in [5.74, 6) is 0.0459. The van der Waals surface area contributed by atoms with Crippen molar-refractivity contribution in [1.82, 2.24) is 0 Å². The van der Waals surface area contributed by atoms with Crippen LogP contribution in [0.3, 0.4) is 0 Å². The molecule has 0 unspecified atom stereocenters. The summed E-state index contributed by atoms with van der Waals surface area (Å²) in [5, 5.41) is 12.4. The maximum absolute atomic E-state index is 12.4. The lowest BCUT2D eigenvalue weighted by Gasteiger charge is -2.33. The summed E-state index contributed by atoms with van der Waals surface area (Å²) in [4.78, 5) is 0. The van der Waals surface area contributed by atoms with Crippen molar-refractivity contribution >= 4 is 0 Å². The monoisotopic (exact) mass is 376 g/mol. The topological polar surface area (TPSA) is 20.2 Å². The molecule has 0 radical (unpaired) electrons. The molecule has 0 aliphatic heterocycles. The maximum Gasteiger partial charge on any atom is 0.119 e. The third kappa shape index (κ3) is 2.82. The second-order valence-electron chi connectivity index (χ2n) is 7.96. The molecule has 29 heavy (non-hydrogen) atoms. The molecule has 1 fully saturated rings. The smallest absolute Gasteiger partial charge is 0.119 e. The van der Waals surface area contributed by atoms with Crippen molar-refractivity contribution in [2.75, 3.05) is 0 Å². The van der Waals surface area contributed by atoms with Gasteiger partial charge in [0.1, 0.15) is 5.60 Å². The third-order valence-electron chi connectivity index (χ3n) is 6.47. The summed E-state index contributed by atoms with van der Waals surface area (Å²) in [6.07, 6.45) is 0.904. The summed E-state index contributed by atoms with van der Waals surface area (Å²) >= 11 is 0. The minimum atomic E-state index is -1.06. The number of benzene rings is 4. The first-order valence-corrected chi connectivity index (χ1v) is 10.2. The Morgan fingerprint density at radius 3 is 1.28 bits per heavy atom. The fraction of sp³-hybridized carbons (Fsp3) is 0.143. The first-order valence-electron chi connectivity index (χ1n) is 10.2. The van der Waals surface area contributed by atoms with Gasteiger partial charge >= 0.3 is 0 Å². The van der Waals surface area contributed by atoms with Crippen molar-refractivity contribution in [3.8, 4) is 0 Å². The Labute approximate surface area is 172 Å². The van der Waals surface area contributed by atoms with Crippen LogP contribution in [0.2, 0.25) is 0 Å². The highest BCUT2D eigenvalue weighted by atomic mass is 16.3. The van der Waals surface area contributed by atoms with Gasteiger partial charge in [0, 0.05) is 11.3 Å². The maximum atomic E-state index is 12.4. The molecule has 0 heterocycles. The van der Waals surface area contributed by atoms with E-state index < -0.39 is 5.60 Å². The van der Waals surface area contributed by atoms with Crippen LogP contribution in [-0.4, -0.2) is 5.11 Å². The van der Waals surface area contributed by atoms with Crippen molar-refractivity contribution in [2.45, 2.75) is 17.4 Å². The molecule has 4 aromatic carbocycles. The van der Waals surface area contributed by atoms with Gasteiger partial charge in [-0.3, -0.25) is 0 Å². The Balaban J connectivity index is 1.72. The van der Waals surface area contributed by atoms with E-state index >= 15 is 0 Å². The van der Waals surface area contributed by atoms with Crippen molar-refractivity contribution in [1.29, 1.82) is 0 Å². The largest absolute Gasteiger partial charge is 0.380 e. The summed E-state index contributed by atoms with van der Waals surface area (Å²) in [5.41, 5.74) is 3.16. The van der Waals surface area contributed by atoms with Crippen molar-refractivity contribution in [2.24, 2.45) is 5.92 Å². The predicted octanol–water partition coefficient (Wildman–Crippen LogP) is 5.93. The van der Waals surface area contributed by atoms with Crippen LogP contribution >= 0.6 is 0 Å². The van der Waals surface area contributed by atoms with Gasteiger partial charge in [0.05, 0.1) is 0 Å². The molecule has 1 nitrogen and oxygen atoms in total.